The molecule has 0 aliphatic rings. The average molecular weight is 284 g/mol. The van der Waals surface area contributed by atoms with Crippen molar-refractivity contribution in [3.8, 4) is 5.75 Å². The Bertz CT molecular complexity index is 736. The van der Waals surface area contributed by atoms with Gasteiger partial charge in [-0.15, -0.1) is 0 Å². The number of aromatic nitrogens is 1. The Balaban J connectivity index is 1.95. The maximum Gasteiger partial charge on any atom is 0.188 e. The quantitative estimate of drug-likeness (QED) is 0.751. The molecule has 3 nitrogen and oxygen atoms in total. The van der Waals surface area contributed by atoms with E-state index in [2.05, 4.69) is 35.4 Å². The Kier molecular flexibility index (Phi) is 3.56. The number of benzene rings is 2. The number of hydrogen-bond donors (Lipinski definition) is 1. The Labute approximate surface area is 122 Å². The van der Waals surface area contributed by atoms with Crippen LogP contribution >= 0.6 is 11.3 Å². The van der Waals surface area contributed by atoms with Gasteiger partial charge in [-0.25, -0.2) is 4.98 Å². The van der Waals surface area contributed by atoms with Crippen LogP contribution in [0.4, 0.5) is 10.8 Å². The van der Waals surface area contributed by atoms with E-state index in [1.54, 1.807) is 11.3 Å². The number of fused-ring (bicyclic) bond motifs is 1. The Hall–Kier alpha value is -2.07. The van der Waals surface area contributed by atoms with Crippen molar-refractivity contribution >= 4 is 32.4 Å². The second-order valence-corrected chi connectivity index (χ2v) is 5.53. The molecule has 0 saturated heterocycles. The summed E-state index contributed by atoms with van der Waals surface area (Å²) in [6.07, 6.45) is 0. The van der Waals surface area contributed by atoms with Gasteiger partial charge < -0.3 is 10.1 Å². The van der Waals surface area contributed by atoms with E-state index < -0.39 is 0 Å². The molecule has 1 aromatic heterocycles. The van der Waals surface area contributed by atoms with E-state index in [1.807, 2.05) is 31.2 Å². The Morgan fingerprint density at radius 2 is 2.00 bits per heavy atom. The van der Waals surface area contributed by atoms with Crippen LogP contribution in [0.2, 0.25) is 0 Å². The normalized spacial score (nSPS) is 10.7. The van der Waals surface area contributed by atoms with Crippen molar-refractivity contribution < 1.29 is 4.74 Å². The summed E-state index contributed by atoms with van der Waals surface area (Å²) in [4.78, 5) is 4.66. The van der Waals surface area contributed by atoms with E-state index in [4.69, 9.17) is 4.74 Å². The Morgan fingerprint density at radius 1 is 1.15 bits per heavy atom. The van der Waals surface area contributed by atoms with Crippen LogP contribution in [0.3, 0.4) is 0 Å². The fraction of sp³-hybridized carbons (Fsp3) is 0.188. The fourth-order valence-corrected chi connectivity index (χ4v) is 3.06. The number of thiazole rings is 1. The summed E-state index contributed by atoms with van der Waals surface area (Å²) in [5.41, 5.74) is 3.21. The van der Waals surface area contributed by atoms with Gasteiger partial charge in [-0.1, -0.05) is 35.6 Å². The molecule has 0 radical (unpaired) electrons. The van der Waals surface area contributed by atoms with Gasteiger partial charge in [0.15, 0.2) is 5.13 Å². The predicted octanol–water partition coefficient (Wildman–Crippen LogP) is 4.75. The fourth-order valence-electron chi connectivity index (χ4n) is 2.11. The molecule has 0 amide bonds. The minimum Gasteiger partial charge on any atom is -0.492 e. The maximum absolute atomic E-state index is 5.62. The lowest BCUT2D eigenvalue weighted by Gasteiger charge is -2.09. The van der Waals surface area contributed by atoms with Gasteiger partial charge in [0.2, 0.25) is 0 Å². The molecule has 0 saturated carbocycles. The van der Waals surface area contributed by atoms with Crippen molar-refractivity contribution in [2.45, 2.75) is 13.8 Å². The highest BCUT2D eigenvalue weighted by Crippen LogP contribution is 2.33. The van der Waals surface area contributed by atoms with Gasteiger partial charge in [0, 0.05) is 0 Å². The van der Waals surface area contributed by atoms with Crippen LogP contribution in [0.15, 0.2) is 42.5 Å². The van der Waals surface area contributed by atoms with Crippen molar-refractivity contribution in [2.24, 2.45) is 0 Å². The summed E-state index contributed by atoms with van der Waals surface area (Å²) in [6.45, 7) is 4.72. The van der Waals surface area contributed by atoms with Gasteiger partial charge in [0.1, 0.15) is 5.75 Å². The van der Waals surface area contributed by atoms with Crippen LogP contribution in [-0.4, -0.2) is 11.6 Å². The number of aryl methyl sites for hydroxylation is 1. The first-order chi connectivity index (χ1) is 9.78. The molecule has 0 atom stereocenters. The van der Waals surface area contributed by atoms with Gasteiger partial charge in [-0.2, -0.15) is 0 Å². The highest BCUT2D eigenvalue weighted by molar-refractivity contribution is 7.22. The lowest BCUT2D eigenvalue weighted by atomic mass is 10.2. The second kappa shape index (κ2) is 5.51. The SMILES string of the molecule is CCOc1ccccc1Nc1nc2c(C)cccc2s1. The standard InChI is InChI=1S/C16H16N2OS/c1-3-19-13-9-5-4-8-12(13)17-16-18-15-11(2)7-6-10-14(15)20-16/h4-10H,3H2,1-2H3,(H,17,18). The second-order valence-electron chi connectivity index (χ2n) is 4.49. The maximum atomic E-state index is 5.62. The zero-order valence-electron chi connectivity index (χ0n) is 11.5. The van der Waals surface area contributed by atoms with Crippen LogP contribution in [0.5, 0.6) is 5.75 Å². The third-order valence-corrected chi connectivity index (χ3v) is 3.99. The van der Waals surface area contributed by atoms with E-state index in [0.717, 1.165) is 22.1 Å². The molecule has 20 heavy (non-hydrogen) atoms. The minimum absolute atomic E-state index is 0.650. The summed E-state index contributed by atoms with van der Waals surface area (Å²) in [5.74, 6) is 0.853. The van der Waals surface area contributed by atoms with Crippen molar-refractivity contribution in [1.29, 1.82) is 0 Å². The van der Waals surface area contributed by atoms with Gasteiger partial charge >= 0.3 is 0 Å². The molecule has 102 valence electrons. The number of nitrogens with zero attached hydrogens (tertiary/aromatic N) is 1. The van der Waals surface area contributed by atoms with Crippen LogP contribution in [0.1, 0.15) is 12.5 Å². The van der Waals surface area contributed by atoms with E-state index in [-0.39, 0.29) is 0 Å². The van der Waals surface area contributed by atoms with E-state index in [1.165, 1.54) is 10.3 Å². The van der Waals surface area contributed by atoms with Gasteiger partial charge in [0.05, 0.1) is 22.5 Å². The zero-order chi connectivity index (χ0) is 13.9. The van der Waals surface area contributed by atoms with Crippen LogP contribution in [0.25, 0.3) is 10.2 Å². The molecule has 1 N–H and O–H groups in total. The topological polar surface area (TPSA) is 34.1 Å². The minimum atomic E-state index is 0.650. The molecule has 0 spiro atoms. The van der Waals surface area contributed by atoms with E-state index >= 15 is 0 Å². The molecule has 0 fully saturated rings. The van der Waals surface area contributed by atoms with Crippen LogP contribution in [-0.2, 0) is 0 Å². The smallest absolute Gasteiger partial charge is 0.188 e. The first-order valence-corrected chi connectivity index (χ1v) is 7.44. The molecule has 0 aliphatic carbocycles. The molecule has 0 aliphatic heterocycles. The summed E-state index contributed by atoms with van der Waals surface area (Å²) >= 11 is 1.66. The summed E-state index contributed by atoms with van der Waals surface area (Å²) < 4.78 is 6.82. The zero-order valence-corrected chi connectivity index (χ0v) is 12.3. The first-order valence-electron chi connectivity index (χ1n) is 6.63. The third kappa shape index (κ3) is 2.47. The lowest BCUT2D eigenvalue weighted by molar-refractivity contribution is 0.342. The molecule has 0 unspecified atom stereocenters. The monoisotopic (exact) mass is 284 g/mol. The summed E-state index contributed by atoms with van der Waals surface area (Å²) in [6, 6.07) is 14.2. The highest BCUT2D eigenvalue weighted by atomic mass is 32.1. The molecule has 1 heterocycles. The third-order valence-electron chi connectivity index (χ3n) is 3.05. The van der Waals surface area contributed by atoms with Gasteiger partial charge in [-0.05, 0) is 37.6 Å². The number of anilines is 2. The molecule has 4 heteroatoms. The number of ether oxygens (including phenoxy) is 1. The Morgan fingerprint density at radius 3 is 2.80 bits per heavy atom. The van der Waals surface area contributed by atoms with Crippen molar-refractivity contribution in [2.75, 3.05) is 11.9 Å². The molecule has 0 bridgehead atoms. The largest absolute Gasteiger partial charge is 0.492 e. The average Bonchev–Trinajstić information content (AvgIpc) is 2.85. The van der Waals surface area contributed by atoms with Crippen molar-refractivity contribution in [1.82, 2.24) is 4.98 Å². The number of nitrogens with one attached hydrogen (secondary N) is 1. The molecule has 3 rings (SSSR count). The number of hydrogen-bond acceptors (Lipinski definition) is 4. The summed E-state index contributed by atoms with van der Waals surface area (Å²) in [7, 11) is 0. The van der Waals surface area contributed by atoms with Crippen molar-refractivity contribution in [3.05, 3.63) is 48.0 Å². The number of rotatable bonds is 4. The summed E-state index contributed by atoms with van der Waals surface area (Å²) in [5, 5.41) is 4.25. The first kappa shape index (κ1) is 12.9. The molecular weight excluding hydrogens is 268 g/mol. The number of para-hydroxylation sites is 3. The highest BCUT2D eigenvalue weighted by Gasteiger charge is 2.08. The van der Waals surface area contributed by atoms with Crippen molar-refractivity contribution in [3.63, 3.8) is 0 Å². The molecular formula is C16H16N2OS. The lowest BCUT2D eigenvalue weighted by Crippen LogP contribution is -1.97. The van der Waals surface area contributed by atoms with Gasteiger partial charge in [-0.3, -0.25) is 0 Å². The predicted molar refractivity (Wildman–Crippen MR) is 85.3 cm³/mol. The van der Waals surface area contributed by atoms with Crippen LogP contribution < -0.4 is 10.1 Å². The molecule has 3 aromatic rings. The van der Waals surface area contributed by atoms with E-state index in [0.29, 0.717) is 6.61 Å². The van der Waals surface area contributed by atoms with E-state index in [9.17, 15) is 0 Å². The van der Waals surface area contributed by atoms with Gasteiger partial charge in [0.25, 0.3) is 0 Å². The van der Waals surface area contributed by atoms with Crippen LogP contribution in [0, 0.1) is 6.92 Å². The molecule has 2 aromatic carbocycles.